The molecule has 4 nitrogen and oxygen atoms in total. The molecule has 0 amide bonds. The van der Waals surface area contributed by atoms with Crippen LogP contribution in [-0.2, 0) is 4.74 Å². The molecule has 0 aliphatic heterocycles. The van der Waals surface area contributed by atoms with Crippen molar-refractivity contribution in [1.29, 1.82) is 0 Å². The Morgan fingerprint density at radius 3 is 1.87 bits per heavy atom. The Labute approximate surface area is 132 Å². The lowest BCUT2D eigenvalue weighted by molar-refractivity contribution is 0.0596. The summed E-state index contributed by atoms with van der Waals surface area (Å²) in [5, 5.41) is 0. The van der Waals surface area contributed by atoms with Crippen LogP contribution in [0.3, 0.4) is 0 Å². The topological polar surface area (TPSA) is 52.1 Å². The summed E-state index contributed by atoms with van der Waals surface area (Å²) in [7, 11) is 1.23. The highest BCUT2D eigenvalue weighted by Gasteiger charge is 2.22. The Morgan fingerprint density at radius 1 is 0.870 bits per heavy atom. The molecule has 23 heavy (non-hydrogen) atoms. The van der Waals surface area contributed by atoms with E-state index in [1.807, 2.05) is 0 Å². The highest BCUT2D eigenvalue weighted by atomic mass is 19.1. The first-order valence-corrected chi connectivity index (χ1v) is 6.94. The molecule has 5 heteroatoms. The minimum Gasteiger partial charge on any atom is -0.465 e. The van der Waals surface area contributed by atoms with Crippen molar-refractivity contribution in [2.24, 2.45) is 0 Å². The number of methoxy groups -OCH3 is 1. The predicted molar refractivity (Wildman–Crippen MR) is 84.2 cm³/mol. The van der Waals surface area contributed by atoms with Crippen LogP contribution in [0.15, 0.2) is 61.2 Å². The van der Waals surface area contributed by atoms with Gasteiger partial charge in [-0.3, -0.25) is 9.97 Å². The summed E-state index contributed by atoms with van der Waals surface area (Å²) in [4.78, 5) is 20.0. The molecule has 0 radical (unpaired) electrons. The lowest BCUT2D eigenvalue weighted by Crippen LogP contribution is -2.08. The van der Waals surface area contributed by atoms with E-state index in [2.05, 4.69) is 9.97 Å². The first kappa shape index (κ1) is 14.8. The van der Waals surface area contributed by atoms with Crippen molar-refractivity contribution in [1.82, 2.24) is 9.97 Å². The van der Waals surface area contributed by atoms with E-state index in [-0.39, 0.29) is 5.56 Å². The summed E-state index contributed by atoms with van der Waals surface area (Å²) in [6, 6.07) is 10.2. The Bertz CT molecular complexity index is 836. The molecule has 3 aromatic rings. The first-order valence-electron chi connectivity index (χ1n) is 6.94. The third-order valence-electron chi connectivity index (χ3n) is 3.51. The van der Waals surface area contributed by atoms with E-state index in [9.17, 15) is 4.79 Å². The van der Waals surface area contributed by atoms with Crippen LogP contribution in [0.2, 0.25) is 0 Å². The van der Waals surface area contributed by atoms with Gasteiger partial charge in [-0.1, -0.05) is 12.1 Å². The van der Waals surface area contributed by atoms with Crippen molar-refractivity contribution in [2.45, 2.75) is 0 Å². The molecular weight excluding hydrogens is 295 g/mol. The number of ether oxygens (including phenoxy) is 1. The lowest BCUT2D eigenvalue weighted by Gasteiger charge is -2.12. The van der Waals surface area contributed by atoms with Crippen LogP contribution < -0.4 is 0 Å². The Balaban J connectivity index is 2.24. The van der Waals surface area contributed by atoms with E-state index in [1.165, 1.54) is 7.11 Å². The molecule has 0 bridgehead atoms. The van der Waals surface area contributed by atoms with E-state index < -0.39 is 11.8 Å². The van der Waals surface area contributed by atoms with Gasteiger partial charge in [0.2, 0.25) is 0 Å². The second-order valence-corrected chi connectivity index (χ2v) is 4.81. The Hall–Kier alpha value is -3.08. The molecule has 0 unspecified atom stereocenters. The maximum Gasteiger partial charge on any atom is 0.341 e. The Morgan fingerprint density at radius 2 is 1.35 bits per heavy atom. The normalized spacial score (nSPS) is 10.3. The van der Waals surface area contributed by atoms with Crippen molar-refractivity contribution in [3.05, 3.63) is 72.6 Å². The zero-order chi connectivity index (χ0) is 16.2. The number of pyridine rings is 2. The number of benzene rings is 1. The summed E-state index contributed by atoms with van der Waals surface area (Å²) >= 11 is 0. The second-order valence-electron chi connectivity index (χ2n) is 4.81. The van der Waals surface area contributed by atoms with E-state index in [0.717, 1.165) is 0 Å². The highest BCUT2D eigenvalue weighted by Crippen LogP contribution is 2.32. The minimum absolute atomic E-state index is 0.0898. The summed E-state index contributed by atoms with van der Waals surface area (Å²) in [5.74, 6) is -1.33. The number of hydrogen-bond donors (Lipinski definition) is 0. The smallest absolute Gasteiger partial charge is 0.341 e. The summed E-state index contributed by atoms with van der Waals surface area (Å²) in [5.41, 5.74) is 2.04. The van der Waals surface area contributed by atoms with Gasteiger partial charge in [0.05, 0.1) is 7.11 Å². The second kappa shape index (κ2) is 6.36. The Kier molecular flexibility index (Phi) is 4.10. The van der Waals surface area contributed by atoms with Crippen molar-refractivity contribution in [3.8, 4) is 22.3 Å². The number of aromatic nitrogens is 2. The van der Waals surface area contributed by atoms with Gasteiger partial charge in [0.1, 0.15) is 11.4 Å². The fourth-order valence-electron chi connectivity index (χ4n) is 2.40. The number of rotatable bonds is 3. The van der Waals surface area contributed by atoms with Crippen molar-refractivity contribution < 1.29 is 13.9 Å². The lowest BCUT2D eigenvalue weighted by atomic mass is 9.95. The number of nitrogens with zero attached hydrogens (tertiary/aromatic N) is 2. The van der Waals surface area contributed by atoms with Crippen molar-refractivity contribution in [2.75, 3.05) is 7.11 Å². The van der Waals surface area contributed by atoms with Gasteiger partial charge in [-0.25, -0.2) is 9.18 Å². The van der Waals surface area contributed by atoms with E-state index in [1.54, 1.807) is 61.2 Å². The average Bonchev–Trinajstić information content (AvgIpc) is 2.62. The van der Waals surface area contributed by atoms with Crippen LogP contribution in [0.1, 0.15) is 10.4 Å². The van der Waals surface area contributed by atoms with Gasteiger partial charge in [-0.05, 0) is 41.0 Å². The van der Waals surface area contributed by atoms with E-state index >= 15 is 4.39 Å². The van der Waals surface area contributed by atoms with Gasteiger partial charge in [-0.2, -0.15) is 0 Å². The molecular formula is C18H13FN2O2. The van der Waals surface area contributed by atoms with Crippen LogP contribution in [0.25, 0.3) is 22.3 Å². The number of halogens is 1. The van der Waals surface area contributed by atoms with Gasteiger partial charge >= 0.3 is 5.97 Å². The van der Waals surface area contributed by atoms with Crippen molar-refractivity contribution in [3.63, 3.8) is 0 Å². The molecule has 0 fully saturated rings. The molecule has 0 saturated heterocycles. The van der Waals surface area contributed by atoms with Crippen LogP contribution >= 0.6 is 0 Å². The number of esters is 1. The maximum atomic E-state index is 15.0. The molecule has 1 aromatic carbocycles. The van der Waals surface area contributed by atoms with Gasteiger partial charge < -0.3 is 4.74 Å². The average molecular weight is 308 g/mol. The fraction of sp³-hybridized carbons (Fsp3) is 0.0556. The molecule has 0 N–H and O–H groups in total. The molecule has 2 heterocycles. The van der Waals surface area contributed by atoms with Gasteiger partial charge in [-0.15, -0.1) is 0 Å². The molecule has 114 valence electrons. The molecule has 3 rings (SSSR count). The fourth-order valence-corrected chi connectivity index (χ4v) is 2.40. The number of hydrogen-bond acceptors (Lipinski definition) is 4. The molecule has 0 spiro atoms. The molecule has 0 aliphatic carbocycles. The van der Waals surface area contributed by atoms with E-state index in [4.69, 9.17) is 4.74 Å². The third-order valence-corrected chi connectivity index (χ3v) is 3.51. The van der Waals surface area contributed by atoms with Gasteiger partial charge in [0.25, 0.3) is 0 Å². The maximum absolute atomic E-state index is 15.0. The van der Waals surface area contributed by atoms with Crippen LogP contribution in [0, 0.1) is 5.82 Å². The molecule has 0 saturated carbocycles. The van der Waals surface area contributed by atoms with E-state index in [0.29, 0.717) is 22.3 Å². The standard InChI is InChI=1S/C18H13FN2O2/c1-23-18(22)16-14(12-4-8-20-9-5-12)2-3-15(17(16)19)13-6-10-21-11-7-13/h2-11H,1H3. The van der Waals surface area contributed by atoms with Crippen LogP contribution in [-0.4, -0.2) is 23.0 Å². The predicted octanol–water partition coefficient (Wildman–Crippen LogP) is 3.74. The summed E-state index contributed by atoms with van der Waals surface area (Å²) < 4.78 is 19.8. The van der Waals surface area contributed by atoms with Gasteiger partial charge in [0.15, 0.2) is 0 Å². The largest absolute Gasteiger partial charge is 0.465 e. The van der Waals surface area contributed by atoms with Crippen molar-refractivity contribution >= 4 is 5.97 Å². The van der Waals surface area contributed by atoms with Crippen LogP contribution in [0.4, 0.5) is 4.39 Å². The summed E-state index contributed by atoms with van der Waals surface area (Å²) in [6.07, 6.45) is 6.32. The molecule has 0 atom stereocenters. The first-order chi connectivity index (χ1) is 11.2. The SMILES string of the molecule is COC(=O)c1c(-c2ccncc2)ccc(-c2ccncc2)c1F. The minimum atomic E-state index is -0.717. The molecule has 2 aromatic heterocycles. The zero-order valence-electron chi connectivity index (χ0n) is 12.4. The number of carbonyl (C=O) groups is 1. The quantitative estimate of drug-likeness (QED) is 0.692. The molecule has 0 aliphatic rings. The van der Waals surface area contributed by atoms with Crippen LogP contribution in [0.5, 0.6) is 0 Å². The summed E-state index contributed by atoms with van der Waals surface area (Å²) in [6.45, 7) is 0. The monoisotopic (exact) mass is 308 g/mol. The number of carbonyl (C=O) groups excluding carboxylic acids is 1. The van der Waals surface area contributed by atoms with Gasteiger partial charge in [0, 0.05) is 30.4 Å². The third kappa shape index (κ3) is 2.81. The zero-order valence-corrected chi connectivity index (χ0v) is 12.4. The highest BCUT2D eigenvalue weighted by molar-refractivity contribution is 5.99.